The van der Waals surface area contributed by atoms with Crippen LogP contribution in [0.2, 0.25) is 5.02 Å². The van der Waals surface area contributed by atoms with Gasteiger partial charge in [-0.2, -0.15) is 9.83 Å². The molecule has 6 nitrogen and oxygen atoms in total. The summed E-state index contributed by atoms with van der Waals surface area (Å²) < 4.78 is 3.44. The van der Waals surface area contributed by atoms with Crippen LogP contribution in [0.3, 0.4) is 0 Å². The summed E-state index contributed by atoms with van der Waals surface area (Å²) in [5.74, 6) is 0.288. The molecule has 34 heavy (non-hydrogen) atoms. The first kappa shape index (κ1) is 21.7. The molecule has 0 radical (unpaired) electrons. The molecule has 0 N–H and O–H groups in total. The van der Waals surface area contributed by atoms with Crippen molar-refractivity contribution in [2.75, 3.05) is 0 Å². The molecule has 1 aromatic heterocycles. The summed E-state index contributed by atoms with van der Waals surface area (Å²) in [5, 5.41) is 9.82. The number of allylic oxidation sites excluding steroid dienone is 4. The third-order valence-corrected chi connectivity index (χ3v) is 6.23. The van der Waals surface area contributed by atoms with Gasteiger partial charge in [-0.1, -0.05) is 59.1 Å². The average Bonchev–Trinajstić information content (AvgIpc) is 3.25. The molecule has 0 fully saturated rings. The van der Waals surface area contributed by atoms with Crippen molar-refractivity contribution in [1.29, 1.82) is 5.26 Å². The van der Waals surface area contributed by atoms with Crippen molar-refractivity contribution < 1.29 is 9.36 Å². The van der Waals surface area contributed by atoms with Gasteiger partial charge in [0.25, 0.3) is 0 Å². The highest BCUT2D eigenvalue weighted by atomic mass is 35.5. The molecule has 3 aromatic rings. The van der Waals surface area contributed by atoms with E-state index in [1.165, 1.54) is 0 Å². The van der Waals surface area contributed by atoms with Crippen LogP contribution in [0, 0.1) is 11.3 Å². The number of nitriles is 1. The first-order valence-corrected chi connectivity index (χ1v) is 11.3. The Morgan fingerprint density at radius 1 is 1.12 bits per heavy atom. The minimum absolute atomic E-state index is 0.0159. The zero-order valence-corrected chi connectivity index (χ0v) is 18.9. The summed E-state index contributed by atoms with van der Waals surface area (Å²) in [4.78, 5) is 31.9. The zero-order valence-electron chi connectivity index (χ0n) is 18.2. The highest BCUT2D eigenvalue weighted by Gasteiger charge is 2.40. The minimum atomic E-state index is -0.338. The maximum absolute atomic E-state index is 13.8. The highest BCUT2D eigenvalue weighted by molar-refractivity contribution is 6.30. The Labute approximate surface area is 201 Å². The number of halogens is 1. The SMILES string of the molecule is N#CCCc1c(-c2ccccc2)[n+](CC(=O)c2ccc(Cl)cc2)c2n(c1=O)C1C=CC=CC1=N2. The maximum atomic E-state index is 13.8. The summed E-state index contributed by atoms with van der Waals surface area (Å²) in [7, 11) is 0. The van der Waals surface area contributed by atoms with Crippen LogP contribution in [0.4, 0.5) is 5.95 Å². The number of hydrogen-bond acceptors (Lipinski definition) is 4. The van der Waals surface area contributed by atoms with Crippen molar-refractivity contribution in [3.63, 3.8) is 0 Å². The van der Waals surface area contributed by atoms with E-state index in [0.717, 1.165) is 11.3 Å². The fraction of sp³-hybridized carbons (Fsp3) is 0.148. The Kier molecular flexibility index (Phi) is 5.79. The van der Waals surface area contributed by atoms with Gasteiger partial charge < -0.3 is 0 Å². The maximum Gasteiger partial charge on any atom is 0.403 e. The van der Waals surface area contributed by atoms with E-state index in [2.05, 4.69) is 6.07 Å². The van der Waals surface area contributed by atoms with Gasteiger partial charge in [-0.25, -0.2) is 4.57 Å². The Morgan fingerprint density at radius 3 is 2.62 bits per heavy atom. The van der Waals surface area contributed by atoms with Gasteiger partial charge in [-0.05, 0) is 42.8 Å². The van der Waals surface area contributed by atoms with Crippen molar-refractivity contribution >= 4 is 29.0 Å². The van der Waals surface area contributed by atoms with Crippen LogP contribution in [0.15, 0.2) is 88.7 Å². The van der Waals surface area contributed by atoms with E-state index >= 15 is 0 Å². The smallest absolute Gasteiger partial charge is 0.291 e. The number of aliphatic imine (C=N–C) groups is 1. The molecule has 1 aliphatic heterocycles. The Morgan fingerprint density at radius 2 is 1.88 bits per heavy atom. The van der Waals surface area contributed by atoms with Crippen LogP contribution in [0.1, 0.15) is 28.4 Å². The fourth-order valence-corrected chi connectivity index (χ4v) is 4.53. The third kappa shape index (κ3) is 3.81. The number of hydrogen-bond donors (Lipinski definition) is 0. The number of carbonyl (C=O) groups is 1. The fourth-order valence-electron chi connectivity index (χ4n) is 4.41. The molecule has 0 saturated heterocycles. The summed E-state index contributed by atoms with van der Waals surface area (Å²) in [5.41, 5.74) is 2.97. The average molecular weight is 468 g/mol. The van der Waals surface area contributed by atoms with E-state index < -0.39 is 0 Å². The number of carbonyl (C=O) groups excluding carboxylic acids is 1. The molecular formula is C27H20ClN4O2+. The van der Waals surface area contributed by atoms with E-state index in [-0.39, 0.29) is 36.8 Å². The van der Waals surface area contributed by atoms with Crippen LogP contribution in [0.25, 0.3) is 11.3 Å². The van der Waals surface area contributed by atoms with Crippen LogP contribution in [-0.4, -0.2) is 16.1 Å². The molecule has 7 heteroatoms. The van der Waals surface area contributed by atoms with E-state index in [1.807, 2.05) is 59.2 Å². The molecular weight excluding hydrogens is 448 g/mol. The molecule has 2 heterocycles. The summed E-state index contributed by atoms with van der Waals surface area (Å²) in [6, 6.07) is 18.0. The number of fused-ring (bicyclic) bond motifs is 3. The minimum Gasteiger partial charge on any atom is -0.291 e. The molecule has 0 amide bonds. The molecule has 0 saturated carbocycles. The molecule has 5 rings (SSSR count). The monoisotopic (exact) mass is 467 g/mol. The Bertz CT molecular complexity index is 1480. The van der Waals surface area contributed by atoms with Crippen LogP contribution in [0.5, 0.6) is 0 Å². The molecule has 1 aliphatic carbocycles. The second-order valence-corrected chi connectivity index (χ2v) is 8.50. The topological polar surface area (TPSA) is 79.1 Å². The highest BCUT2D eigenvalue weighted by Crippen LogP contribution is 2.31. The van der Waals surface area contributed by atoms with Gasteiger partial charge in [0.15, 0.2) is 17.5 Å². The number of benzene rings is 2. The lowest BCUT2D eigenvalue weighted by Crippen LogP contribution is -2.47. The predicted octanol–water partition coefficient (Wildman–Crippen LogP) is 4.55. The van der Waals surface area contributed by atoms with Gasteiger partial charge in [0.2, 0.25) is 0 Å². The van der Waals surface area contributed by atoms with Crippen molar-refractivity contribution in [2.24, 2.45) is 4.99 Å². The standard InChI is InChI=1S/C27H20ClN4O2/c28-20-14-12-18(13-15-20)24(33)17-31-25(19-7-2-1-3-8-19)21(9-6-16-29)26(34)32-23-11-5-4-10-22(23)30-27(31)32/h1-5,7-8,10-15,23H,6,9,17H2/q+1. The summed E-state index contributed by atoms with van der Waals surface area (Å²) in [6.07, 6.45) is 8.01. The second-order valence-electron chi connectivity index (χ2n) is 8.07. The molecule has 1 atom stereocenters. The van der Waals surface area contributed by atoms with Gasteiger partial charge in [0, 0.05) is 22.6 Å². The van der Waals surface area contributed by atoms with Gasteiger partial charge in [0.1, 0.15) is 12.2 Å². The van der Waals surface area contributed by atoms with E-state index in [0.29, 0.717) is 27.8 Å². The lowest BCUT2D eigenvalue weighted by atomic mass is 10.0. The van der Waals surface area contributed by atoms with Gasteiger partial charge in [-0.15, -0.1) is 0 Å². The predicted molar refractivity (Wildman–Crippen MR) is 130 cm³/mol. The Balaban J connectivity index is 1.77. The van der Waals surface area contributed by atoms with E-state index in [9.17, 15) is 14.9 Å². The molecule has 2 aliphatic rings. The van der Waals surface area contributed by atoms with Crippen molar-refractivity contribution in [3.05, 3.63) is 105 Å². The molecule has 1 unspecified atom stereocenters. The lowest BCUT2D eigenvalue weighted by Gasteiger charge is -2.16. The summed E-state index contributed by atoms with van der Waals surface area (Å²) >= 11 is 6.00. The third-order valence-electron chi connectivity index (χ3n) is 5.97. The van der Waals surface area contributed by atoms with Crippen LogP contribution in [-0.2, 0) is 13.0 Å². The molecule has 166 valence electrons. The Hall–Kier alpha value is -4.08. The van der Waals surface area contributed by atoms with Gasteiger partial charge in [0.05, 0.1) is 11.6 Å². The number of rotatable bonds is 6. The zero-order chi connectivity index (χ0) is 23.7. The first-order valence-electron chi connectivity index (χ1n) is 10.9. The summed E-state index contributed by atoms with van der Waals surface area (Å²) in [6.45, 7) is -0.0159. The van der Waals surface area contributed by atoms with Crippen LogP contribution >= 0.6 is 11.6 Å². The lowest BCUT2D eigenvalue weighted by molar-refractivity contribution is -0.663. The van der Waals surface area contributed by atoms with Gasteiger partial charge in [-0.3, -0.25) is 9.59 Å². The van der Waals surface area contributed by atoms with Crippen molar-refractivity contribution in [1.82, 2.24) is 4.57 Å². The first-order chi connectivity index (χ1) is 16.6. The quantitative estimate of drug-likeness (QED) is 0.394. The number of nitrogens with zero attached hydrogens (tertiary/aromatic N) is 4. The van der Waals surface area contributed by atoms with Crippen molar-refractivity contribution in [3.8, 4) is 17.3 Å². The van der Waals surface area contributed by atoms with Crippen LogP contribution < -0.4 is 10.1 Å². The molecule has 0 spiro atoms. The normalized spacial score (nSPS) is 15.4. The van der Waals surface area contributed by atoms with Gasteiger partial charge >= 0.3 is 11.5 Å². The van der Waals surface area contributed by atoms with E-state index in [4.69, 9.17) is 16.6 Å². The second kappa shape index (κ2) is 9.05. The largest absolute Gasteiger partial charge is 0.403 e. The van der Waals surface area contributed by atoms with Crippen molar-refractivity contribution in [2.45, 2.75) is 25.4 Å². The number of aromatic nitrogens is 2. The number of Topliss-reactive ketones (excluding diaryl/α,β-unsaturated/α-hetero) is 1. The number of ketones is 1. The molecule has 2 aromatic carbocycles. The van der Waals surface area contributed by atoms with E-state index in [1.54, 1.807) is 28.8 Å². The molecule has 0 bridgehead atoms.